The van der Waals surface area contributed by atoms with E-state index in [1.165, 1.54) is 29.4 Å². The van der Waals surface area contributed by atoms with Crippen molar-refractivity contribution in [1.29, 1.82) is 0 Å². The highest BCUT2D eigenvalue weighted by atomic mass is 32.1. The van der Waals surface area contributed by atoms with Crippen LogP contribution in [0.25, 0.3) is 0 Å². The normalized spacial score (nSPS) is 23.4. The van der Waals surface area contributed by atoms with E-state index in [0.717, 1.165) is 6.54 Å². The van der Waals surface area contributed by atoms with Gasteiger partial charge in [-0.1, -0.05) is 0 Å². The average molecular weight is 183 g/mol. The first-order valence-electron chi connectivity index (χ1n) is 4.26. The van der Waals surface area contributed by atoms with Crippen LogP contribution in [0.15, 0.2) is 6.07 Å². The molecule has 1 unspecified atom stereocenters. The third-order valence-corrected chi connectivity index (χ3v) is 3.19. The Labute approximate surface area is 76.4 Å². The first-order valence-corrected chi connectivity index (χ1v) is 5.03. The molecule has 1 aromatic rings. The predicted molar refractivity (Wildman–Crippen MR) is 52.6 cm³/mol. The lowest BCUT2D eigenvalue weighted by Gasteiger charge is -2.20. The Bertz CT molecular complexity index is 271. The minimum absolute atomic E-state index is 0.647. The molecule has 1 atom stereocenters. The molecule has 0 bridgehead atoms. The fourth-order valence-electron chi connectivity index (χ4n) is 1.67. The molecule has 4 heteroatoms. The molecule has 1 aliphatic heterocycles. The summed E-state index contributed by atoms with van der Waals surface area (Å²) in [6.07, 6.45) is 2.58. The molecule has 0 spiro atoms. The van der Waals surface area contributed by atoms with Gasteiger partial charge in [0.25, 0.3) is 0 Å². The van der Waals surface area contributed by atoms with Crippen LogP contribution >= 0.6 is 11.5 Å². The predicted octanol–water partition coefficient (Wildman–Crippen LogP) is 1.71. The van der Waals surface area contributed by atoms with Crippen molar-refractivity contribution in [2.75, 3.05) is 17.2 Å². The van der Waals surface area contributed by atoms with E-state index >= 15 is 0 Å². The van der Waals surface area contributed by atoms with Gasteiger partial charge in [-0.3, -0.25) is 0 Å². The molecule has 66 valence electrons. The summed E-state index contributed by atoms with van der Waals surface area (Å²) in [5.41, 5.74) is 5.56. The van der Waals surface area contributed by atoms with E-state index in [0.29, 0.717) is 11.9 Å². The quantitative estimate of drug-likeness (QED) is 0.720. The summed E-state index contributed by atoms with van der Waals surface area (Å²) in [7, 11) is 0. The molecule has 2 N–H and O–H groups in total. The Kier molecular flexibility index (Phi) is 1.92. The third-order valence-electron chi connectivity index (χ3n) is 2.35. The minimum atomic E-state index is 0.647. The lowest BCUT2D eigenvalue weighted by molar-refractivity contribution is 0.739. The molecular formula is C8H13N3S. The molecule has 0 aliphatic carbocycles. The zero-order chi connectivity index (χ0) is 8.55. The van der Waals surface area contributed by atoms with Gasteiger partial charge in [0.1, 0.15) is 10.8 Å². The zero-order valence-corrected chi connectivity index (χ0v) is 7.97. The molecule has 1 aliphatic rings. The lowest BCUT2D eigenvalue weighted by Crippen LogP contribution is -2.25. The van der Waals surface area contributed by atoms with Crippen molar-refractivity contribution in [2.24, 2.45) is 0 Å². The van der Waals surface area contributed by atoms with E-state index in [2.05, 4.69) is 16.2 Å². The number of nitrogen functional groups attached to an aromatic ring is 1. The third kappa shape index (κ3) is 1.27. The number of anilines is 2. The first-order chi connectivity index (χ1) is 5.77. The SMILES string of the molecule is CC1CCCN1c1cc(N)ns1. The monoisotopic (exact) mass is 183 g/mol. The van der Waals surface area contributed by atoms with Crippen LogP contribution in [0.4, 0.5) is 10.8 Å². The van der Waals surface area contributed by atoms with Crippen LogP contribution in [0.3, 0.4) is 0 Å². The Morgan fingerprint density at radius 1 is 1.75 bits per heavy atom. The molecule has 2 rings (SSSR count). The van der Waals surface area contributed by atoms with Gasteiger partial charge in [0.2, 0.25) is 0 Å². The van der Waals surface area contributed by atoms with Crippen molar-refractivity contribution in [3.63, 3.8) is 0 Å². The minimum Gasteiger partial charge on any atom is -0.383 e. The molecule has 0 amide bonds. The average Bonchev–Trinajstić information content (AvgIpc) is 2.58. The van der Waals surface area contributed by atoms with E-state index in [-0.39, 0.29) is 0 Å². The van der Waals surface area contributed by atoms with Gasteiger partial charge in [-0.15, -0.1) is 0 Å². The maximum absolute atomic E-state index is 5.56. The van der Waals surface area contributed by atoms with Gasteiger partial charge < -0.3 is 10.6 Å². The van der Waals surface area contributed by atoms with Crippen LogP contribution in [-0.2, 0) is 0 Å². The zero-order valence-electron chi connectivity index (χ0n) is 7.16. The second-order valence-electron chi connectivity index (χ2n) is 3.27. The number of nitrogens with two attached hydrogens (primary N) is 1. The Hall–Kier alpha value is -0.770. The molecule has 2 heterocycles. The Balaban J connectivity index is 2.19. The summed E-state index contributed by atoms with van der Waals surface area (Å²) < 4.78 is 4.07. The molecule has 1 saturated heterocycles. The van der Waals surface area contributed by atoms with E-state index in [4.69, 9.17) is 5.73 Å². The van der Waals surface area contributed by atoms with Crippen LogP contribution in [0.5, 0.6) is 0 Å². The van der Waals surface area contributed by atoms with Gasteiger partial charge in [-0.05, 0) is 31.3 Å². The van der Waals surface area contributed by atoms with Gasteiger partial charge in [0.05, 0.1) is 0 Å². The Morgan fingerprint density at radius 2 is 2.58 bits per heavy atom. The molecule has 1 aromatic heterocycles. The van der Waals surface area contributed by atoms with Crippen LogP contribution in [0.2, 0.25) is 0 Å². The summed E-state index contributed by atoms with van der Waals surface area (Å²) in [5.74, 6) is 0.647. The summed E-state index contributed by atoms with van der Waals surface area (Å²) in [6.45, 7) is 3.41. The number of nitrogens with zero attached hydrogens (tertiary/aromatic N) is 2. The molecule has 0 radical (unpaired) electrons. The molecule has 0 saturated carbocycles. The first kappa shape index (κ1) is 7.86. The van der Waals surface area contributed by atoms with E-state index < -0.39 is 0 Å². The maximum atomic E-state index is 5.56. The highest BCUT2D eigenvalue weighted by Crippen LogP contribution is 2.29. The van der Waals surface area contributed by atoms with Crippen molar-refractivity contribution >= 4 is 22.4 Å². The largest absolute Gasteiger partial charge is 0.383 e. The van der Waals surface area contributed by atoms with E-state index in [1.54, 1.807) is 0 Å². The standard InChI is InChI=1S/C8H13N3S/c1-6-3-2-4-11(6)8-5-7(9)10-12-8/h5-6H,2-4H2,1H3,(H2,9,10). The van der Waals surface area contributed by atoms with Gasteiger partial charge in [-0.2, -0.15) is 4.37 Å². The van der Waals surface area contributed by atoms with Crippen LogP contribution in [0, 0.1) is 0 Å². The number of hydrogen-bond acceptors (Lipinski definition) is 4. The highest BCUT2D eigenvalue weighted by Gasteiger charge is 2.21. The number of hydrogen-bond donors (Lipinski definition) is 1. The van der Waals surface area contributed by atoms with Gasteiger partial charge in [0, 0.05) is 18.7 Å². The number of rotatable bonds is 1. The summed E-state index contributed by atoms with van der Waals surface area (Å²) in [4.78, 5) is 2.38. The van der Waals surface area contributed by atoms with Crippen molar-refractivity contribution in [1.82, 2.24) is 4.37 Å². The summed E-state index contributed by atoms with van der Waals surface area (Å²) in [6, 6.07) is 2.62. The summed E-state index contributed by atoms with van der Waals surface area (Å²) >= 11 is 1.50. The van der Waals surface area contributed by atoms with Crippen molar-refractivity contribution in [3.8, 4) is 0 Å². The van der Waals surface area contributed by atoms with Crippen molar-refractivity contribution in [2.45, 2.75) is 25.8 Å². The van der Waals surface area contributed by atoms with Gasteiger partial charge >= 0.3 is 0 Å². The van der Waals surface area contributed by atoms with Crippen molar-refractivity contribution in [3.05, 3.63) is 6.07 Å². The molecule has 12 heavy (non-hydrogen) atoms. The lowest BCUT2D eigenvalue weighted by atomic mass is 10.2. The van der Waals surface area contributed by atoms with Crippen LogP contribution in [-0.4, -0.2) is 17.0 Å². The maximum Gasteiger partial charge on any atom is 0.139 e. The van der Waals surface area contributed by atoms with Crippen LogP contribution < -0.4 is 10.6 Å². The molecule has 3 nitrogen and oxygen atoms in total. The van der Waals surface area contributed by atoms with Gasteiger partial charge in [-0.25, -0.2) is 0 Å². The van der Waals surface area contributed by atoms with Crippen LogP contribution in [0.1, 0.15) is 19.8 Å². The molecule has 0 aromatic carbocycles. The van der Waals surface area contributed by atoms with Crippen molar-refractivity contribution < 1.29 is 0 Å². The highest BCUT2D eigenvalue weighted by molar-refractivity contribution is 7.10. The fourth-order valence-corrected chi connectivity index (χ4v) is 2.48. The Morgan fingerprint density at radius 3 is 3.08 bits per heavy atom. The second kappa shape index (κ2) is 2.94. The van der Waals surface area contributed by atoms with Gasteiger partial charge in [0.15, 0.2) is 0 Å². The smallest absolute Gasteiger partial charge is 0.139 e. The molecule has 1 fully saturated rings. The van der Waals surface area contributed by atoms with E-state index in [1.807, 2.05) is 6.07 Å². The topological polar surface area (TPSA) is 42.1 Å². The number of aromatic nitrogens is 1. The van der Waals surface area contributed by atoms with E-state index in [9.17, 15) is 0 Å². The fraction of sp³-hybridized carbons (Fsp3) is 0.625. The summed E-state index contributed by atoms with van der Waals surface area (Å²) in [5, 5.41) is 1.22. The second-order valence-corrected chi connectivity index (χ2v) is 4.06. The molecular weight excluding hydrogens is 170 g/mol.